The normalized spacial score (nSPS) is 16.5. The fraction of sp³-hybridized carbons (Fsp3) is 0.500. The first-order valence-corrected chi connectivity index (χ1v) is 6.40. The Balaban J connectivity index is 1.86. The van der Waals surface area contributed by atoms with Crippen LogP contribution in [0.4, 0.5) is 10.5 Å². The summed E-state index contributed by atoms with van der Waals surface area (Å²) in [5.41, 5.74) is 0.545. The highest BCUT2D eigenvalue weighted by Crippen LogP contribution is 2.07. The zero-order valence-corrected chi connectivity index (χ0v) is 11.0. The number of nitrogens with one attached hydrogen (secondary N) is 1. The molecule has 1 aliphatic heterocycles. The predicted octanol–water partition coefficient (Wildman–Crippen LogP) is 0.101. The smallest absolute Gasteiger partial charge is 0.321 e. The van der Waals surface area contributed by atoms with Gasteiger partial charge in [0.05, 0.1) is 24.6 Å². The molecule has 0 radical (unpaired) electrons. The van der Waals surface area contributed by atoms with Crippen molar-refractivity contribution in [1.82, 2.24) is 19.8 Å². The summed E-state index contributed by atoms with van der Waals surface area (Å²) in [6.07, 6.45) is 5.20. The monoisotopic (exact) mass is 279 g/mol. The molecule has 1 aromatic rings. The van der Waals surface area contributed by atoms with E-state index in [0.29, 0.717) is 31.9 Å². The van der Waals surface area contributed by atoms with Crippen LogP contribution in [-0.2, 0) is 4.79 Å². The maximum Gasteiger partial charge on any atom is 0.321 e. The molecule has 2 heterocycles. The van der Waals surface area contributed by atoms with Crippen molar-refractivity contribution in [2.24, 2.45) is 0 Å². The molecule has 0 bridgehead atoms. The number of carbonyl (C=O) groups is 2. The molecule has 1 fully saturated rings. The Kier molecular flexibility index (Phi) is 4.83. The number of anilines is 1. The predicted molar refractivity (Wildman–Crippen MR) is 71.3 cm³/mol. The summed E-state index contributed by atoms with van der Waals surface area (Å²) in [6.45, 7) is 2.37. The molecule has 0 atom stereocenters. The van der Waals surface area contributed by atoms with Crippen LogP contribution in [0.15, 0.2) is 18.7 Å². The molecule has 2 amide bonds. The number of hydrogen-bond acceptors (Lipinski definition) is 5. The van der Waals surface area contributed by atoms with Crippen LogP contribution in [0, 0.1) is 0 Å². The van der Waals surface area contributed by atoms with E-state index in [1.165, 1.54) is 18.7 Å². The molecular formula is C12H17N5O3. The van der Waals surface area contributed by atoms with Gasteiger partial charge in [0.2, 0.25) is 0 Å². The van der Waals surface area contributed by atoms with Gasteiger partial charge in [0, 0.05) is 26.2 Å². The molecule has 1 aromatic heterocycles. The molecule has 8 nitrogen and oxygen atoms in total. The Bertz CT molecular complexity index is 467. The van der Waals surface area contributed by atoms with Gasteiger partial charge >= 0.3 is 12.0 Å². The van der Waals surface area contributed by atoms with Crippen molar-refractivity contribution in [3.05, 3.63) is 18.7 Å². The molecule has 0 aliphatic carbocycles. The SMILES string of the molecule is O=C(O)CN1CCCN(C(=O)Nc2cncnc2)CC1. The van der Waals surface area contributed by atoms with Gasteiger partial charge in [0.1, 0.15) is 6.33 Å². The van der Waals surface area contributed by atoms with Crippen LogP contribution >= 0.6 is 0 Å². The van der Waals surface area contributed by atoms with E-state index in [1.807, 2.05) is 4.90 Å². The third-order valence-corrected chi connectivity index (χ3v) is 3.05. The highest BCUT2D eigenvalue weighted by Gasteiger charge is 2.20. The lowest BCUT2D eigenvalue weighted by molar-refractivity contribution is -0.138. The lowest BCUT2D eigenvalue weighted by atomic mass is 10.4. The average molecular weight is 279 g/mol. The van der Waals surface area contributed by atoms with E-state index in [9.17, 15) is 9.59 Å². The van der Waals surface area contributed by atoms with Crippen LogP contribution < -0.4 is 5.32 Å². The molecule has 2 rings (SSSR count). The molecule has 2 N–H and O–H groups in total. The number of hydrogen-bond donors (Lipinski definition) is 2. The third-order valence-electron chi connectivity index (χ3n) is 3.05. The number of carboxylic acids is 1. The molecule has 0 saturated carbocycles. The number of nitrogens with zero attached hydrogens (tertiary/aromatic N) is 4. The Labute approximate surface area is 116 Å². The second-order valence-electron chi connectivity index (χ2n) is 4.57. The van der Waals surface area contributed by atoms with Gasteiger partial charge in [0.15, 0.2) is 0 Å². The van der Waals surface area contributed by atoms with E-state index >= 15 is 0 Å². The molecule has 20 heavy (non-hydrogen) atoms. The number of carboxylic acid groups (broad SMARTS) is 1. The van der Waals surface area contributed by atoms with Gasteiger partial charge in [-0.2, -0.15) is 0 Å². The van der Waals surface area contributed by atoms with Crippen molar-refractivity contribution in [2.75, 3.05) is 38.0 Å². The van der Waals surface area contributed by atoms with E-state index in [2.05, 4.69) is 15.3 Å². The van der Waals surface area contributed by atoms with Crippen LogP contribution in [-0.4, -0.2) is 69.6 Å². The summed E-state index contributed by atoms with van der Waals surface area (Å²) < 4.78 is 0. The van der Waals surface area contributed by atoms with E-state index in [1.54, 1.807) is 4.90 Å². The number of amides is 2. The first-order chi connectivity index (χ1) is 9.65. The van der Waals surface area contributed by atoms with Gasteiger partial charge in [0.25, 0.3) is 0 Å². The van der Waals surface area contributed by atoms with Crippen LogP contribution in [0.3, 0.4) is 0 Å². The zero-order chi connectivity index (χ0) is 14.4. The molecular weight excluding hydrogens is 262 g/mol. The summed E-state index contributed by atoms with van der Waals surface area (Å²) in [4.78, 5) is 33.9. The van der Waals surface area contributed by atoms with Crippen molar-refractivity contribution < 1.29 is 14.7 Å². The van der Waals surface area contributed by atoms with Crippen molar-refractivity contribution >= 4 is 17.7 Å². The Morgan fingerprint density at radius 1 is 1.20 bits per heavy atom. The summed E-state index contributed by atoms with van der Waals surface area (Å²) in [7, 11) is 0. The van der Waals surface area contributed by atoms with Crippen molar-refractivity contribution in [3.63, 3.8) is 0 Å². The molecule has 0 aromatic carbocycles. The van der Waals surface area contributed by atoms with Crippen molar-refractivity contribution in [3.8, 4) is 0 Å². The van der Waals surface area contributed by atoms with Gasteiger partial charge in [-0.3, -0.25) is 9.69 Å². The molecule has 108 valence electrons. The van der Waals surface area contributed by atoms with Crippen molar-refractivity contribution in [2.45, 2.75) is 6.42 Å². The number of aromatic nitrogens is 2. The van der Waals surface area contributed by atoms with E-state index in [-0.39, 0.29) is 12.6 Å². The first kappa shape index (κ1) is 14.2. The van der Waals surface area contributed by atoms with Crippen LogP contribution in [0.2, 0.25) is 0 Å². The number of carbonyl (C=O) groups excluding carboxylic acids is 1. The zero-order valence-electron chi connectivity index (χ0n) is 11.0. The van der Waals surface area contributed by atoms with Gasteiger partial charge in [-0.05, 0) is 6.42 Å². The molecule has 0 unspecified atom stereocenters. The van der Waals surface area contributed by atoms with E-state index in [0.717, 1.165) is 6.42 Å². The van der Waals surface area contributed by atoms with Gasteiger partial charge in [-0.15, -0.1) is 0 Å². The lowest BCUT2D eigenvalue weighted by Gasteiger charge is -2.21. The quantitative estimate of drug-likeness (QED) is 0.814. The maximum absolute atomic E-state index is 12.1. The molecule has 1 saturated heterocycles. The standard InChI is InChI=1S/C12H17N5O3/c18-11(19)8-16-2-1-3-17(5-4-16)12(20)15-10-6-13-9-14-7-10/h6-7,9H,1-5,8H2,(H,15,20)(H,18,19). The van der Waals surface area contributed by atoms with Crippen LogP contribution in [0.25, 0.3) is 0 Å². The largest absolute Gasteiger partial charge is 0.480 e. The summed E-state index contributed by atoms with van der Waals surface area (Å²) in [5.74, 6) is -0.843. The maximum atomic E-state index is 12.1. The van der Waals surface area contributed by atoms with Gasteiger partial charge in [-0.25, -0.2) is 14.8 Å². The number of rotatable bonds is 3. The minimum absolute atomic E-state index is 0.0159. The fourth-order valence-corrected chi connectivity index (χ4v) is 2.09. The molecule has 1 aliphatic rings. The Hall–Kier alpha value is -2.22. The highest BCUT2D eigenvalue weighted by molar-refractivity contribution is 5.88. The number of urea groups is 1. The summed E-state index contributed by atoms with van der Waals surface area (Å²) in [6, 6.07) is -0.211. The van der Waals surface area contributed by atoms with Gasteiger partial charge < -0.3 is 15.3 Å². The minimum Gasteiger partial charge on any atom is -0.480 e. The van der Waals surface area contributed by atoms with Crippen LogP contribution in [0.1, 0.15) is 6.42 Å². The second-order valence-corrected chi connectivity index (χ2v) is 4.57. The summed E-state index contributed by atoms with van der Waals surface area (Å²) >= 11 is 0. The van der Waals surface area contributed by atoms with Crippen LogP contribution in [0.5, 0.6) is 0 Å². The Morgan fingerprint density at radius 3 is 2.65 bits per heavy atom. The minimum atomic E-state index is -0.843. The third kappa shape index (κ3) is 4.16. The molecule has 0 spiro atoms. The fourth-order valence-electron chi connectivity index (χ4n) is 2.09. The Morgan fingerprint density at radius 2 is 1.95 bits per heavy atom. The van der Waals surface area contributed by atoms with Gasteiger partial charge in [-0.1, -0.05) is 0 Å². The molecule has 8 heteroatoms. The average Bonchev–Trinajstić information content (AvgIpc) is 2.65. The first-order valence-electron chi connectivity index (χ1n) is 6.40. The van der Waals surface area contributed by atoms with Crippen molar-refractivity contribution in [1.29, 1.82) is 0 Å². The van der Waals surface area contributed by atoms with E-state index in [4.69, 9.17) is 5.11 Å². The lowest BCUT2D eigenvalue weighted by Crippen LogP contribution is -2.38. The summed E-state index contributed by atoms with van der Waals surface area (Å²) in [5, 5.41) is 11.5. The topological polar surface area (TPSA) is 98.7 Å². The number of aliphatic carboxylic acids is 1. The second kappa shape index (κ2) is 6.80. The van der Waals surface area contributed by atoms with E-state index < -0.39 is 5.97 Å². The highest BCUT2D eigenvalue weighted by atomic mass is 16.4.